The maximum absolute atomic E-state index is 11.5. The van der Waals surface area contributed by atoms with Crippen LogP contribution in [-0.2, 0) is 14.6 Å². The highest BCUT2D eigenvalue weighted by molar-refractivity contribution is 7.90. The lowest BCUT2D eigenvalue weighted by molar-refractivity contribution is 0.1000. The first kappa shape index (κ1) is 25.6. The third kappa shape index (κ3) is 8.91. The van der Waals surface area contributed by atoms with Crippen molar-refractivity contribution in [3.8, 4) is 0 Å². The molecule has 0 saturated heterocycles. The first-order chi connectivity index (χ1) is 13.7. The van der Waals surface area contributed by atoms with Crippen LogP contribution in [0.25, 0.3) is 0 Å². The molecule has 1 aromatic rings. The zero-order valence-corrected chi connectivity index (χ0v) is 18.7. The van der Waals surface area contributed by atoms with Gasteiger partial charge in [-0.3, -0.25) is 4.79 Å². The Kier molecular flexibility index (Phi) is 8.97. The van der Waals surface area contributed by atoms with Crippen molar-refractivity contribution in [2.75, 3.05) is 18.7 Å². The summed E-state index contributed by atoms with van der Waals surface area (Å²) in [5.41, 5.74) is 5.08. The standard InChI is InChI=1S/C12H18N4O4S.C6H13NO2/c1-21(19,20)12-14-6-9(10(13)18)11(16-12)15-7-3-2-4-8(17)5-7;1-6(2,3)7-5(8)9-4/h6-8,17H,2-5H2,1H3,(H2,13,18)(H,14,15,16);1-4H3,(H,7,8)/t7-,8+;/m1./s1. The van der Waals surface area contributed by atoms with Crippen molar-refractivity contribution in [3.63, 3.8) is 0 Å². The Hall–Kier alpha value is -2.47. The fraction of sp³-hybridized carbons (Fsp3) is 0.667. The molecular weight excluding hydrogens is 414 g/mol. The number of rotatable bonds is 4. The molecule has 170 valence electrons. The van der Waals surface area contributed by atoms with Crippen molar-refractivity contribution in [1.82, 2.24) is 15.3 Å². The number of nitrogens with zero attached hydrogens (tertiary/aromatic N) is 2. The molecule has 0 unspecified atom stereocenters. The summed E-state index contributed by atoms with van der Waals surface area (Å²) in [4.78, 5) is 29.4. The maximum Gasteiger partial charge on any atom is 0.407 e. The smallest absolute Gasteiger partial charge is 0.407 e. The van der Waals surface area contributed by atoms with Crippen LogP contribution in [0.3, 0.4) is 0 Å². The number of carbonyl (C=O) groups is 2. The van der Waals surface area contributed by atoms with Gasteiger partial charge < -0.3 is 26.2 Å². The molecule has 2 rings (SSSR count). The molecule has 1 fully saturated rings. The number of hydrogen-bond donors (Lipinski definition) is 4. The van der Waals surface area contributed by atoms with E-state index >= 15 is 0 Å². The van der Waals surface area contributed by atoms with Crippen molar-refractivity contribution in [3.05, 3.63) is 11.8 Å². The highest BCUT2D eigenvalue weighted by Gasteiger charge is 2.23. The summed E-state index contributed by atoms with van der Waals surface area (Å²) in [5, 5.41) is 14.9. The van der Waals surface area contributed by atoms with Gasteiger partial charge in [-0.05, 0) is 46.5 Å². The number of nitrogens with one attached hydrogen (secondary N) is 2. The summed E-state index contributed by atoms with van der Waals surface area (Å²) in [7, 11) is -2.23. The number of primary amides is 1. The highest BCUT2D eigenvalue weighted by atomic mass is 32.2. The maximum atomic E-state index is 11.5. The summed E-state index contributed by atoms with van der Waals surface area (Å²) in [6.45, 7) is 5.68. The Morgan fingerprint density at radius 2 is 1.93 bits per heavy atom. The van der Waals surface area contributed by atoms with E-state index in [1.54, 1.807) is 0 Å². The first-order valence-corrected chi connectivity index (χ1v) is 11.3. The topological polar surface area (TPSA) is 174 Å². The van der Waals surface area contributed by atoms with Crippen LogP contribution >= 0.6 is 0 Å². The average molecular weight is 446 g/mol. The van der Waals surface area contributed by atoms with Gasteiger partial charge in [-0.25, -0.2) is 23.2 Å². The summed E-state index contributed by atoms with van der Waals surface area (Å²) < 4.78 is 27.4. The van der Waals surface area contributed by atoms with E-state index in [2.05, 4.69) is 25.3 Å². The lowest BCUT2D eigenvalue weighted by Gasteiger charge is -2.27. The van der Waals surface area contributed by atoms with E-state index in [1.165, 1.54) is 7.11 Å². The van der Waals surface area contributed by atoms with E-state index in [9.17, 15) is 23.1 Å². The van der Waals surface area contributed by atoms with E-state index in [-0.39, 0.29) is 34.2 Å². The minimum absolute atomic E-state index is 0.0301. The molecule has 1 aromatic heterocycles. The van der Waals surface area contributed by atoms with Gasteiger partial charge in [0.05, 0.1) is 18.8 Å². The minimum atomic E-state index is -3.58. The van der Waals surface area contributed by atoms with Crippen LogP contribution in [0, 0.1) is 0 Å². The van der Waals surface area contributed by atoms with Gasteiger partial charge in [-0.15, -0.1) is 0 Å². The molecule has 2 amide bonds. The number of carbonyl (C=O) groups excluding carboxylic acids is 2. The molecule has 5 N–H and O–H groups in total. The molecule has 1 aliphatic rings. The normalized spacial score (nSPS) is 19.1. The van der Waals surface area contributed by atoms with Crippen LogP contribution in [0.2, 0.25) is 0 Å². The summed E-state index contributed by atoms with van der Waals surface area (Å²) >= 11 is 0. The summed E-state index contributed by atoms with van der Waals surface area (Å²) in [6.07, 6.45) is 4.18. The van der Waals surface area contributed by atoms with Crippen molar-refractivity contribution >= 4 is 27.7 Å². The second kappa shape index (κ2) is 10.5. The zero-order valence-electron chi connectivity index (χ0n) is 17.9. The number of sulfone groups is 1. The zero-order chi connectivity index (χ0) is 23.1. The molecule has 0 radical (unpaired) electrons. The second-order valence-corrected chi connectivity index (χ2v) is 9.99. The third-order valence-corrected chi connectivity index (χ3v) is 4.87. The largest absolute Gasteiger partial charge is 0.453 e. The van der Waals surface area contributed by atoms with Gasteiger partial charge in [0.2, 0.25) is 15.0 Å². The van der Waals surface area contributed by atoms with Crippen LogP contribution in [0.4, 0.5) is 10.6 Å². The number of aromatic nitrogens is 2. The Morgan fingerprint density at radius 1 is 1.30 bits per heavy atom. The van der Waals surface area contributed by atoms with Gasteiger partial charge in [0.15, 0.2) is 0 Å². The van der Waals surface area contributed by atoms with Gasteiger partial charge in [-0.1, -0.05) is 0 Å². The van der Waals surface area contributed by atoms with E-state index in [4.69, 9.17) is 5.73 Å². The number of aliphatic hydroxyl groups is 1. The van der Waals surface area contributed by atoms with Crippen LogP contribution in [-0.4, -0.2) is 66.5 Å². The lowest BCUT2D eigenvalue weighted by atomic mass is 9.93. The number of aliphatic hydroxyl groups excluding tert-OH is 1. The number of amides is 2. The molecule has 0 aliphatic heterocycles. The van der Waals surface area contributed by atoms with Crippen molar-refractivity contribution in [1.29, 1.82) is 0 Å². The number of anilines is 1. The molecule has 30 heavy (non-hydrogen) atoms. The molecule has 1 aliphatic carbocycles. The van der Waals surface area contributed by atoms with Crippen LogP contribution in [0.5, 0.6) is 0 Å². The molecule has 0 bridgehead atoms. The fourth-order valence-electron chi connectivity index (χ4n) is 2.68. The van der Waals surface area contributed by atoms with Crippen LogP contribution < -0.4 is 16.4 Å². The van der Waals surface area contributed by atoms with Gasteiger partial charge in [0.1, 0.15) is 5.82 Å². The SMILES string of the molecule is COC(=O)NC(C)(C)C.CS(=O)(=O)c1ncc(C(N)=O)c(N[C@@H]2CCC[C@H](O)C2)n1. The Balaban J connectivity index is 0.000000424. The molecule has 1 heterocycles. The Morgan fingerprint density at radius 3 is 2.37 bits per heavy atom. The first-order valence-electron chi connectivity index (χ1n) is 9.40. The molecular formula is C18H31N5O6S. The second-order valence-electron chi connectivity index (χ2n) is 8.08. The Labute approximate surface area is 176 Å². The van der Waals surface area contributed by atoms with Gasteiger partial charge in [-0.2, -0.15) is 0 Å². The van der Waals surface area contributed by atoms with Gasteiger partial charge in [0, 0.05) is 24.0 Å². The fourth-order valence-corrected chi connectivity index (χ4v) is 3.18. The molecule has 0 spiro atoms. The Bertz CT molecular complexity index is 853. The van der Waals surface area contributed by atoms with Crippen LogP contribution in [0.1, 0.15) is 56.8 Å². The highest BCUT2D eigenvalue weighted by Crippen LogP contribution is 2.23. The quantitative estimate of drug-likeness (QED) is 0.489. The molecule has 1 saturated carbocycles. The van der Waals surface area contributed by atoms with E-state index < -0.39 is 21.8 Å². The molecule has 0 aromatic carbocycles. The number of alkyl carbamates (subject to hydrolysis) is 1. The monoisotopic (exact) mass is 445 g/mol. The molecule has 11 nitrogen and oxygen atoms in total. The number of ether oxygens (including phenoxy) is 1. The lowest BCUT2D eigenvalue weighted by Crippen LogP contribution is -2.40. The predicted octanol–water partition coefficient (Wildman–Crippen LogP) is 0.835. The number of nitrogens with two attached hydrogens (primary N) is 1. The summed E-state index contributed by atoms with van der Waals surface area (Å²) in [5.74, 6) is -0.647. The number of methoxy groups -OCH3 is 1. The minimum Gasteiger partial charge on any atom is -0.453 e. The van der Waals surface area contributed by atoms with Crippen molar-refractivity contribution < 1.29 is 27.9 Å². The van der Waals surface area contributed by atoms with E-state index in [1.807, 2.05) is 20.8 Å². The van der Waals surface area contributed by atoms with Crippen LogP contribution in [0.15, 0.2) is 11.4 Å². The third-order valence-electron chi connectivity index (χ3n) is 4.01. The van der Waals surface area contributed by atoms with Gasteiger partial charge >= 0.3 is 6.09 Å². The molecule has 12 heteroatoms. The van der Waals surface area contributed by atoms with Gasteiger partial charge in [0.25, 0.3) is 5.91 Å². The molecule has 2 atom stereocenters. The number of hydrogen-bond acceptors (Lipinski definition) is 9. The van der Waals surface area contributed by atoms with E-state index in [0.29, 0.717) is 6.42 Å². The van der Waals surface area contributed by atoms with Crippen molar-refractivity contribution in [2.45, 2.75) is 69.3 Å². The van der Waals surface area contributed by atoms with E-state index in [0.717, 1.165) is 31.7 Å². The van der Waals surface area contributed by atoms with Crippen molar-refractivity contribution in [2.24, 2.45) is 5.73 Å². The average Bonchev–Trinajstić information content (AvgIpc) is 2.59. The predicted molar refractivity (Wildman–Crippen MR) is 111 cm³/mol. The summed E-state index contributed by atoms with van der Waals surface area (Å²) in [6, 6.07) is -0.0887.